The molecule has 0 saturated carbocycles. The summed E-state index contributed by atoms with van der Waals surface area (Å²) in [6, 6.07) is 13.4. The molecule has 0 amide bonds. The van der Waals surface area contributed by atoms with Gasteiger partial charge in [-0.15, -0.1) is 0 Å². The van der Waals surface area contributed by atoms with Gasteiger partial charge in [-0.2, -0.15) is 5.10 Å². The van der Waals surface area contributed by atoms with E-state index >= 15 is 0 Å². The maximum atomic E-state index is 10.8. The van der Waals surface area contributed by atoms with Crippen LogP contribution < -0.4 is 5.43 Å². The van der Waals surface area contributed by atoms with Gasteiger partial charge in [-0.25, -0.2) is 0 Å². The van der Waals surface area contributed by atoms with Crippen molar-refractivity contribution >= 4 is 29.2 Å². The number of nitrogens with one attached hydrogen (secondary N) is 1. The van der Waals surface area contributed by atoms with Crippen molar-refractivity contribution in [2.24, 2.45) is 5.10 Å². The van der Waals surface area contributed by atoms with Crippen molar-refractivity contribution in [3.63, 3.8) is 0 Å². The first kappa shape index (κ1) is 13.0. The molecule has 0 saturated heterocycles. The highest BCUT2D eigenvalue weighted by Crippen LogP contribution is 2.22. The smallest absolute Gasteiger partial charge is 0.272 e. The van der Waals surface area contributed by atoms with Crippen LogP contribution in [-0.4, -0.2) is 11.1 Å². The van der Waals surface area contributed by atoms with Crippen LogP contribution >= 0.6 is 11.6 Å². The molecule has 0 bridgehead atoms. The summed E-state index contributed by atoms with van der Waals surface area (Å²) < 4.78 is 0. The summed E-state index contributed by atoms with van der Waals surface area (Å²) in [6.07, 6.45) is 1.54. The van der Waals surface area contributed by atoms with E-state index in [1.807, 2.05) is 6.07 Å². The lowest BCUT2D eigenvalue weighted by Crippen LogP contribution is -1.96. The van der Waals surface area contributed by atoms with Crippen molar-refractivity contribution in [1.29, 1.82) is 0 Å². The van der Waals surface area contributed by atoms with Crippen molar-refractivity contribution in [2.45, 2.75) is 0 Å². The van der Waals surface area contributed by atoms with E-state index in [0.29, 0.717) is 10.7 Å². The molecule has 96 valence electrons. The Morgan fingerprint density at radius 2 is 2.00 bits per heavy atom. The Labute approximate surface area is 114 Å². The minimum Gasteiger partial charge on any atom is -0.272 e. The van der Waals surface area contributed by atoms with Crippen LogP contribution in [0.25, 0.3) is 0 Å². The lowest BCUT2D eigenvalue weighted by atomic mass is 10.2. The summed E-state index contributed by atoms with van der Waals surface area (Å²) in [5.74, 6) is 0. The van der Waals surface area contributed by atoms with E-state index in [2.05, 4.69) is 10.5 Å². The number of hydrogen-bond acceptors (Lipinski definition) is 4. The van der Waals surface area contributed by atoms with Gasteiger partial charge < -0.3 is 0 Å². The molecule has 0 aliphatic carbocycles. The molecule has 2 aromatic carbocycles. The zero-order valence-corrected chi connectivity index (χ0v) is 10.5. The second kappa shape index (κ2) is 5.97. The van der Waals surface area contributed by atoms with Gasteiger partial charge >= 0.3 is 0 Å². The Kier molecular flexibility index (Phi) is 4.10. The van der Waals surface area contributed by atoms with Crippen LogP contribution in [0.2, 0.25) is 5.02 Å². The highest BCUT2D eigenvalue weighted by molar-refractivity contribution is 6.30. The Balaban J connectivity index is 2.13. The van der Waals surface area contributed by atoms with Gasteiger partial charge in [0.05, 0.1) is 11.1 Å². The predicted octanol–water partition coefficient (Wildman–Crippen LogP) is 3.69. The van der Waals surface area contributed by atoms with E-state index in [-0.39, 0.29) is 5.69 Å². The Bertz CT molecular complexity index is 629. The average molecular weight is 276 g/mol. The lowest BCUT2D eigenvalue weighted by Gasteiger charge is -2.01. The van der Waals surface area contributed by atoms with Crippen LogP contribution in [-0.2, 0) is 0 Å². The first-order valence-corrected chi connectivity index (χ1v) is 5.82. The fourth-order valence-corrected chi connectivity index (χ4v) is 1.69. The van der Waals surface area contributed by atoms with Gasteiger partial charge in [0.25, 0.3) is 5.69 Å². The minimum absolute atomic E-state index is 0.0225. The molecule has 2 aromatic rings. The summed E-state index contributed by atoms with van der Waals surface area (Å²) in [7, 11) is 0. The van der Waals surface area contributed by atoms with Gasteiger partial charge in [0, 0.05) is 11.1 Å². The van der Waals surface area contributed by atoms with E-state index in [1.54, 1.807) is 42.6 Å². The van der Waals surface area contributed by atoms with Crippen molar-refractivity contribution in [1.82, 2.24) is 0 Å². The highest BCUT2D eigenvalue weighted by atomic mass is 35.5. The average Bonchev–Trinajstić information content (AvgIpc) is 2.39. The molecule has 0 fully saturated rings. The van der Waals surface area contributed by atoms with Crippen molar-refractivity contribution in [3.05, 3.63) is 69.2 Å². The molecule has 1 N–H and O–H groups in total. The molecule has 0 radical (unpaired) electrons. The number of para-hydroxylation sites is 2. The molecular formula is C13H10ClN3O2. The number of halogens is 1. The molecule has 19 heavy (non-hydrogen) atoms. The zero-order valence-electron chi connectivity index (χ0n) is 9.79. The number of benzene rings is 2. The van der Waals surface area contributed by atoms with Gasteiger partial charge in [0.2, 0.25) is 0 Å². The first-order chi connectivity index (χ1) is 9.16. The normalized spacial score (nSPS) is 10.6. The molecule has 6 heteroatoms. The van der Waals surface area contributed by atoms with Crippen LogP contribution in [0, 0.1) is 10.1 Å². The van der Waals surface area contributed by atoms with Crippen LogP contribution in [0.15, 0.2) is 53.6 Å². The number of nitro groups is 1. The summed E-state index contributed by atoms with van der Waals surface area (Å²) >= 11 is 5.84. The third-order valence-corrected chi connectivity index (χ3v) is 2.58. The molecule has 2 rings (SSSR count). The standard InChI is InChI=1S/C13H10ClN3O2/c14-11-5-3-4-10(8-11)9-15-16-12-6-1-2-7-13(12)17(18)19/h1-9,16H/b15-9-. The molecule has 0 aromatic heterocycles. The first-order valence-electron chi connectivity index (χ1n) is 5.45. The van der Waals surface area contributed by atoms with Crippen molar-refractivity contribution in [3.8, 4) is 0 Å². The molecule has 0 atom stereocenters. The Morgan fingerprint density at radius 3 is 2.74 bits per heavy atom. The molecule has 0 unspecified atom stereocenters. The zero-order chi connectivity index (χ0) is 13.7. The molecule has 5 nitrogen and oxygen atoms in total. The maximum absolute atomic E-state index is 10.8. The Morgan fingerprint density at radius 1 is 1.21 bits per heavy atom. The van der Waals surface area contributed by atoms with Gasteiger partial charge in [0.1, 0.15) is 5.69 Å². The second-order valence-corrected chi connectivity index (χ2v) is 4.14. The molecular weight excluding hydrogens is 266 g/mol. The quantitative estimate of drug-likeness (QED) is 0.525. The number of nitrogens with zero attached hydrogens (tertiary/aromatic N) is 2. The second-order valence-electron chi connectivity index (χ2n) is 3.70. The largest absolute Gasteiger partial charge is 0.294 e. The fourth-order valence-electron chi connectivity index (χ4n) is 1.49. The SMILES string of the molecule is O=[N+]([O-])c1ccccc1N/N=C\c1cccc(Cl)c1. The monoisotopic (exact) mass is 275 g/mol. The number of anilines is 1. The highest BCUT2D eigenvalue weighted by Gasteiger charge is 2.10. The van der Waals surface area contributed by atoms with Crippen molar-refractivity contribution in [2.75, 3.05) is 5.43 Å². The number of rotatable bonds is 4. The van der Waals surface area contributed by atoms with Crippen molar-refractivity contribution < 1.29 is 4.92 Å². The fraction of sp³-hybridized carbons (Fsp3) is 0. The third kappa shape index (κ3) is 3.53. The van der Waals surface area contributed by atoms with E-state index in [4.69, 9.17) is 11.6 Å². The van der Waals surface area contributed by atoms with Crippen LogP contribution in [0.1, 0.15) is 5.56 Å². The number of hydrogen-bond donors (Lipinski definition) is 1. The van der Waals surface area contributed by atoms with Gasteiger partial charge in [-0.1, -0.05) is 35.9 Å². The van der Waals surface area contributed by atoms with E-state index in [1.165, 1.54) is 6.07 Å². The van der Waals surface area contributed by atoms with Gasteiger partial charge in [0.15, 0.2) is 0 Å². The van der Waals surface area contributed by atoms with Crippen LogP contribution in [0.5, 0.6) is 0 Å². The van der Waals surface area contributed by atoms with E-state index in [9.17, 15) is 10.1 Å². The summed E-state index contributed by atoms with van der Waals surface area (Å²) in [4.78, 5) is 10.3. The van der Waals surface area contributed by atoms with E-state index < -0.39 is 4.92 Å². The minimum atomic E-state index is -0.461. The van der Waals surface area contributed by atoms with Gasteiger partial charge in [-0.05, 0) is 23.8 Å². The molecule has 0 aliphatic rings. The third-order valence-electron chi connectivity index (χ3n) is 2.35. The molecule has 0 spiro atoms. The lowest BCUT2D eigenvalue weighted by molar-refractivity contribution is -0.384. The Hall–Kier alpha value is -2.40. The summed E-state index contributed by atoms with van der Waals surface area (Å²) in [5, 5.41) is 15.4. The van der Waals surface area contributed by atoms with E-state index in [0.717, 1.165) is 5.56 Å². The topological polar surface area (TPSA) is 67.5 Å². The maximum Gasteiger partial charge on any atom is 0.294 e. The number of nitro benzene ring substituents is 1. The van der Waals surface area contributed by atoms with Gasteiger partial charge in [-0.3, -0.25) is 15.5 Å². The molecule has 0 aliphatic heterocycles. The summed E-state index contributed by atoms with van der Waals surface area (Å²) in [6.45, 7) is 0. The predicted molar refractivity (Wildman–Crippen MR) is 75.8 cm³/mol. The van der Waals surface area contributed by atoms with Crippen LogP contribution in [0.3, 0.4) is 0 Å². The number of hydrazone groups is 1. The summed E-state index contributed by atoms with van der Waals surface area (Å²) in [5.41, 5.74) is 3.77. The molecule has 0 heterocycles. The van der Waals surface area contributed by atoms with Crippen LogP contribution in [0.4, 0.5) is 11.4 Å².